The molecule has 180 valence electrons. The normalized spacial score (nSPS) is 47.9. The van der Waals surface area contributed by atoms with Crippen LogP contribution in [0.5, 0.6) is 0 Å². The molecule has 0 aromatic heterocycles. The topological polar surface area (TPSA) is 49.7 Å². The van der Waals surface area contributed by atoms with E-state index in [9.17, 15) is 10.4 Å². The van der Waals surface area contributed by atoms with Crippen molar-refractivity contribution in [3.8, 4) is 0 Å². The summed E-state index contributed by atoms with van der Waals surface area (Å²) < 4.78 is 0. The fourth-order valence-electron chi connectivity index (χ4n) is 10.1. The molecule has 3 heteroatoms. The van der Waals surface area contributed by atoms with Gasteiger partial charge in [-0.05, 0) is 117 Å². The number of hydrogen-bond acceptors (Lipinski definition) is 3. The molecule has 4 fully saturated rings. The highest BCUT2D eigenvalue weighted by molar-refractivity contribution is 5.43. The lowest BCUT2D eigenvalue weighted by Gasteiger charge is -2.56. The summed E-state index contributed by atoms with van der Waals surface area (Å²) >= 11 is 0. The quantitative estimate of drug-likeness (QED) is 0.260. The molecule has 0 aromatic rings. The number of hydrogen-bond donors (Lipinski definition) is 2. The zero-order valence-corrected chi connectivity index (χ0v) is 21.1. The first-order chi connectivity index (χ1) is 15.0. The van der Waals surface area contributed by atoms with Crippen LogP contribution in [0.15, 0.2) is 23.8 Å². The highest BCUT2D eigenvalue weighted by Gasteiger charge is 2.78. The highest BCUT2D eigenvalue weighted by Crippen LogP contribution is 2.85. The van der Waals surface area contributed by atoms with Gasteiger partial charge in [-0.25, -0.2) is 4.89 Å². The lowest BCUT2D eigenvalue weighted by molar-refractivity contribution is -0.270. The third kappa shape index (κ3) is 2.89. The maximum absolute atomic E-state index is 10.8. The van der Waals surface area contributed by atoms with Gasteiger partial charge in [0.05, 0.1) is 6.10 Å². The second kappa shape index (κ2) is 7.43. The summed E-state index contributed by atoms with van der Waals surface area (Å²) in [5.41, 5.74) is 3.89. The summed E-state index contributed by atoms with van der Waals surface area (Å²) in [5, 5.41) is 20.0. The Morgan fingerprint density at radius 1 is 1.12 bits per heavy atom. The average molecular weight is 443 g/mol. The van der Waals surface area contributed by atoms with Crippen molar-refractivity contribution in [1.29, 1.82) is 0 Å². The van der Waals surface area contributed by atoms with Crippen LogP contribution < -0.4 is 0 Å². The highest BCUT2D eigenvalue weighted by atomic mass is 17.1. The van der Waals surface area contributed by atoms with Crippen molar-refractivity contribution in [2.45, 2.75) is 111 Å². The predicted molar refractivity (Wildman–Crippen MR) is 129 cm³/mol. The molecule has 4 saturated carbocycles. The first-order valence-electron chi connectivity index (χ1n) is 13.4. The van der Waals surface area contributed by atoms with Crippen LogP contribution in [0.3, 0.4) is 0 Å². The van der Waals surface area contributed by atoms with Gasteiger partial charge in [-0.1, -0.05) is 45.9 Å². The Bertz CT molecular complexity index is 813. The summed E-state index contributed by atoms with van der Waals surface area (Å²) in [6, 6.07) is 0. The van der Waals surface area contributed by atoms with Gasteiger partial charge in [0.1, 0.15) is 6.10 Å². The standard InChI is InChI=1S/C29H46O3/c1-18(2)23(32-31)11-7-19(3)20-8-9-21-22-10-12-24-26(4,5)25(30)13-14-29(24)17-28(22,29)16-15-27(20,21)6/h12,19-23,25,30-31H,1,7-11,13-17H2,2-6H3/t19-,20-,21+,22+,23-,25+,27-,28+,29-/m1/s1. The van der Waals surface area contributed by atoms with Crippen LogP contribution in [0.4, 0.5) is 0 Å². The van der Waals surface area contributed by atoms with Crippen molar-refractivity contribution >= 4 is 0 Å². The fraction of sp³-hybridized carbons (Fsp3) is 0.862. The van der Waals surface area contributed by atoms with E-state index >= 15 is 0 Å². The van der Waals surface area contributed by atoms with Gasteiger partial charge in [0.25, 0.3) is 0 Å². The summed E-state index contributed by atoms with van der Waals surface area (Å²) in [6.07, 6.45) is 14.5. The third-order valence-corrected chi connectivity index (χ3v) is 11.9. The van der Waals surface area contributed by atoms with Gasteiger partial charge in [-0.2, -0.15) is 0 Å². The van der Waals surface area contributed by atoms with Crippen molar-refractivity contribution in [1.82, 2.24) is 0 Å². The molecule has 3 nitrogen and oxygen atoms in total. The molecule has 2 N–H and O–H groups in total. The molecular formula is C29H46O3. The minimum absolute atomic E-state index is 0.0468. The van der Waals surface area contributed by atoms with Gasteiger partial charge < -0.3 is 5.11 Å². The Labute approximate surface area is 195 Å². The van der Waals surface area contributed by atoms with Crippen LogP contribution in [0.2, 0.25) is 0 Å². The molecule has 0 unspecified atom stereocenters. The van der Waals surface area contributed by atoms with E-state index in [0.717, 1.165) is 42.6 Å². The predicted octanol–water partition coefficient (Wildman–Crippen LogP) is 7.17. The van der Waals surface area contributed by atoms with Crippen molar-refractivity contribution in [3.63, 3.8) is 0 Å². The molecule has 0 saturated heterocycles. The summed E-state index contributed by atoms with van der Waals surface area (Å²) in [7, 11) is 0. The van der Waals surface area contributed by atoms with Crippen LogP contribution in [-0.2, 0) is 4.89 Å². The lowest BCUT2D eigenvalue weighted by Crippen LogP contribution is -2.50. The first-order valence-corrected chi connectivity index (χ1v) is 13.4. The van der Waals surface area contributed by atoms with Crippen LogP contribution in [-0.4, -0.2) is 22.6 Å². The molecule has 0 radical (unpaired) electrons. The second-order valence-corrected chi connectivity index (χ2v) is 13.4. The number of fused-ring (bicyclic) bond motifs is 2. The molecule has 2 spiro atoms. The first kappa shape index (κ1) is 23.1. The molecule has 0 bridgehead atoms. The summed E-state index contributed by atoms with van der Waals surface area (Å²) in [4.78, 5) is 4.70. The molecule has 5 aliphatic rings. The molecule has 0 aromatic carbocycles. The molecule has 9 atom stereocenters. The maximum Gasteiger partial charge on any atom is 0.113 e. The molecule has 0 aliphatic heterocycles. The van der Waals surface area contributed by atoms with E-state index in [1.807, 2.05) is 6.92 Å². The van der Waals surface area contributed by atoms with Crippen LogP contribution in [0.1, 0.15) is 98.8 Å². The van der Waals surface area contributed by atoms with Crippen molar-refractivity contribution < 1.29 is 15.3 Å². The number of aliphatic hydroxyl groups is 1. The van der Waals surface area contributed by atoms with E-state index in [-0.39, 0.29) is 17.6 Å². The zero-order chi connectivity index (χ0) is 23.1. The van der Waals surface area contributed by atoms with E-state index in [0.29, 0.717) is 22.2 Å². The minimum Gasteiger partial charge on any atom is -0.392 e. The van der Waals surface area contributed by atoms with E-state index in [1.165, 1.54) is 44.9 Å². The Morgan fingerprint density at radius 2 is 1.88 bits per heavy atom. The van der Waals surface area contributed by atoms with Crippen LogP contribution >= 0.6 is 0 Å². The van der Waals surface area contributed by atoms with Gasteiger partial charge in [-0.15, -0.1) is 0 Å². The third-order valence-electron chi connectivity index (χ3n) is 11.9. The SMILES string of the molecule is C=C(C)[C@@H](CC[C@@H](C)[C@H]1CC[C@H]2[C@@H]3CC=C4C(C)(C)[C@@H](O)CC[C@@]45C[C@@]35CC[C@]12C)OO. The van der Waals surface area contributed by atoms with E-state index in [2.05, 4.69) is 40.3 Å². The van der Waals surface area contributed by atoms with Crippen molar-refractivity contribution in [3.05, 3.63) is 23.8 Å². The smallest absolute Gasteiger partial charge is 0.113 e. The number of rotatable bonds is 6. The molecule has 0 amide bonds. The Morgan fingerprint density at radius 3 is 2.56 bits per heavy atom. The van der Waals surface area contributed by atoms with Crippen LogP contribution in [0, 0.1) is 45.3 Å². The van der Waals surface area contributed by atoms with Gasteiger partial charge in [0.2, 0.25) is 0 Å². The van der Waals surface area contributed by atoms with E-state index < -0.39 is 0 Å². The Balaban J connectivity index is 1.35. The van der Waals surface area contributed by atoms with Crippen LogP contribution in [0.25, 0.3) is 0 Å². The molecular weight excluding hydrogens is 396 g/mol. The molecule has 32 heavy (non-hydrogen) atoms. The molecule has 5 aliphatic carbocycles. The zero-order valence-electron chi connectivity index (χ0n) is 21.1. The largest absolute Gasteiger partial charge is 0.392 e. The maximum atomic E-state index is 10.8. The van der Waals surface area contributed by atoms with E-state index in [4.69, 9.17) is 4.89 Å². The number of allylic oxidation sites excluding steroid dienone is 1. The van der Waals surface area contributed by atoms with Gasteiger partial charge >= 0.3 is 0 Å². The monoisotopic (exact) mass is 442 g/mol. The van der Waals surface area contributed by atoms with E-state index in [1.54, 1.807) is 5.57 Å². The van der Waals surface area contributed by atoms with Crippen molar-refractivity contribution in [2.75, 3.05) is 0 Å². The van der Waals surface area contributed by atoms with Gasteiger partial charge in [0.15, 0.2) is 0 Å². The molecule has 5 rings (SSSR count). The Hall–Kier alpha value is -0.640. The number of aliphatic hydroxyl groups excluding tert-OH is 1. The summed E-state index contributed by atoms with van der Waals surface area (Å²) in [6.45, 7) is 15.6. The van der Waals surface area contributed by atoms with Gasteiger partial charge in [0, 0.05) is 5.41 Å². The lowest BCUT2D eigenvalue weighted by atomic mass is 9.49. The van der Waals surface area contributed by atoms with Crippen molar-refractivity contribution in [2.24, 2.45) is 45.3 Å². The fourth-order valence-corrected chi connectivity index (χ4v) is 10.1. The minimum atomic E-state index is -0.227. The Kier molecular flexibility index (Phi) is 5.37. The second-order valence-electron chi connectivity index (χ2n) is 13.4. The summed E-state index contributed by atoms with van der Waals surface area (Å²) in [5.74, 6) is 3.13. The van der Waals surface area contributed by atoms with Gasteiger partial charge in [-0.3, -0.25) is 5.26 Å². The molecule has 0 heterocycles. The average Bonchev–Trinajstić information content (AvgIpc) is 3.28.